The first-order valence-corrected chi connectivity index (χ1v) is 9.98. The number of carbonyl (C=O) groups excluding carboxylic acids is 1. The van der Waals surface area contributed by atoms with Gasteiger partial charge in [-0.3, -0.25) is 14.7 Å². The van der Waals surface area contributed by atoms with Crippen molar-refractivity contribution < 1.29 is 4.79 Å². The number of aromatic nitrogens is 1. The van der Waals surface area contributed by atoms with E-state index in [1.807, 2.05) is 18.5 Å². The lowest BCUT2D eigenvalue weighted by atomic mass is 9.87. The van der Waals surface area contributed by atoms with Crippen molar-refractivity contribution >= 4 is 16.6 Å². The van der Waals surface area contributed by atoms with E-state index in [1.165, 1.54) is 22.1 Å². The first-order valence-electron chi connectivity index (χ1n) is 9.98. The van der Waals surface area contributed by atoms with Crippen LogP contribution < -0.4 is 0 Å². The molecule has 1 aliphatic carbocycles. The Morgan fingerprint density at radius 1 is 1.07 bits per heavy atom. The molecule has 3 nitrogen and oxygen atoms in total. The van der Waals surface area contributed by atoms with E-state index in [0.29, 0.717) is 5.78 Å². The summed E-state index contributed by atoms with van der Waals surface area (Å²) in [7, 11) is 0. The summed E-state index contributed by atoms with van der Waals surface area (Å²) in [6.07, 6.45) is 8.01. The van der Waals surface area contributed by atoms with Gasteiger partial charge in [0.05, 0.1) is 0 Å². The molecule has 2 aromatic carbocycles. The summed E-state index contributed by atoms with van der Waals surface area (Å²) in [5.74, 6) is 0.412. The van der Waals surface area contributed by atoms with Crippen molar-refractivity contribution in [2.45, 2.75) is 32.2 Å². The van der Waals surface area contributed by atoms with Crippen LogP contribution in [0.1, 0.15) is 39.9 Å². The lowest BCUT2D eigenvalue weighted by Crippen LogP contribution is -2.38. The Morgan fingerprint density at radius 2 is 1.96 bits per heavy atom. The van der Waals surface area contributed by atoms with Crippen molar-refractivity contribution in [1.29, 1.82) is 0 Å². The number of aryl methyl sites for hydroxylation is 2. The SMILES string of the molecule is O=C(c1ccc2c3c(cccc13)CC2)[C@H]1CCCN(Cc2cccnc2)C1. The van der Waals surface area contributed by atoms with Crippen LogP contribution in [-0.2, 0) is 19.4 Å². The first-order chi connectivity index (χ1) is 13.3. The van der Waals surface area contributed by atoms with E-state index in [-0.39, 0.29) is 5.92 Å². The van der Waals surface area contributed by atoms with Crippen molar-refractivity contribution in [1.82, 2.24) is 9.88 Å². The molecule has 3 heteroatoms. The maximum Gasteiger partial charge on any atom is 0.167 e. The summed E-state index contributed by atoms with van der Waals surface area (Å²) in [6, 6.07) is 14.8. The molecule has 3 aromatic rings. The van der Waals surface area contributed by atoms with E-state index in [0.717, 1.165) is 56.3 Å². The molecule has 1 aliphatic heterocycles. The Balaban J connectivity index is 1.40. The van der Waals surface area contributed by atoms with E-state index >= 15 is 0 Å². The van der Waals surface area contributed by atoms with E-state index in [2.05, 4.69) is 46.3 Å². The van der Waals surface area contributed by atoms with Crippen LogP contribution in [0.5, 0.6) is 0 Å². The quantitative estimate of drug-likeness (QED) is 0.649. The monoisotopic (exact) mass is 356 g/mol. The molecule has 0 bridgehead atoms. The van der Waals surface area contributed by atoms with Gasteiger partial charge < -0.3 is 0 Å². The van der Waals surface area contributed by atoms with E-state index in [9.17, 15) is 4.79 Å². The van der Waals surface area contributed by atoms with Gasteiger partial charge in [-0.2, -0.15) is 0 Å². The van der Waals surface area contributed by atoms with Gasteiger partial charge in [-0.15, -0.1) is 0 Å². The van der Waals surface area contributed by atoms with Gasteiger partial charge in [-0.1, -0.05) is 36.4 Å². The Kier molecular flexibility index (Phi) is 4.25. The second kappa shape index (κ2) is 6.90. The molecule has 0 amide bonds. The van der Waals surface area contributed by atoms with Gasteiger partial charge in [0.2, 0.25) is 0 Å². The Bertz CT molecular complexity index is 986. The molecular formula is C24H24N2O. The molecule has 0 saturated carbocycles. The number of carbonyl (C=O) groups is 1. The second-order valence-electron chi connectivity index (χ2n) is 7.91. The van der Waals surface area contributed by atoms with Gasteiger partial charge in [-0.05, 0) is 65.8 Å². The van der Waals surface area contributed by atoms with Gasteiger partial charge in [-0.25, -0.2) is 0 Å². The molecule has 1 aromatic heterocycles. The van der Waals surface area contributed by atoms with Crippen LogP contribution in [0.4, 0.5) is 0 Å². The molecule has 1 fully saturated rings. The van der Waals surface area contributed by atoms with Gasteiger partial charge in [0.15, 0.2) is 5.78 Å². The Morgan fingerprint density at radius 3 is 2.81 bits per heavy atom. The smallest absolute Gasteiger partial charge is 0.167 e. The van der Waals surface area contributed by atoms with Crippen LogP contribution in [0, 0.1) is 5.92 Å². The van der Waals surface area contributed by atoms with Crippen LogP contribution >= 0.6 is 0 Å². The number of benzene rings is 2. The predicted octanol–water partition coefficient (Wildman–Crippen LogP) is 4.43. The highest BCUT2D eigenvalue weighted by molar-refractivity contribution is 6.11. The highest BCUT2D eigenvalue weighted by Gasteiger charge is 2.28. The molecule has 2 aliphatic rings. The van der Waals surface area contributed by atoms with E-state index in [4.69, 9.17) is 0 Å². The standard InChI is InChI=1S/C24H24N2O/c27-24(20-6-3-13-26(16-20)15-17-4-2-12-25-14-17)22-11-10-19-9-8-18-5-1-7-21(22)23(18)19/h1-2,4-5,7,10-12,14,20H,3,6,8-9,13,15-16H2/t20-/m0/s1. The summed E-state index contributed by atoms with van der Waals surface area (Å²) in [5, 5.41) is 2.50. The molecule has 1 saturated heterocycles. The number of pyridine rings is 1. The number of hydrogen-bond acceptors (Lipinski definition) is 3. The highest BCUT2D eigenvalue weighted by Crippen LogP contribution is 2.34. The van der Waals surface area contributed by atoms with Crippen molar-refractivity contribution in [3.63, 3.8) is 0 Å². The molecule has 0 spiro atoms. The number of hydrogen-bond donors (Lipinski definition) is 0. The van der Waals surface area contributed by atoms with Crippen LogP contribution in [0.3, 0.4) is 0 Å². The zero-order valence-corrected chi connectivity index (χ0v) is 15.5. The first kappa shape index (κ1) is 16.6. The maximum absolute atomic E-state index is 13.4. The summed E-state index contributed by atoms with van der Waals surface area (Å²) in [6.45, 7) is 2.78. The minimum atomic E-state index is 0.0916. The molecule has 5 rings (SSSR count). The topological polar surface area (TPSA) is 33.2 Å². The second-order valence-corrected chi connectivity index (χ2v) is 7.91. The van der Waals surface area contributed by atoms with Gasteiger partial charge in [0, 0.05) is 37.0 Å². The number of nitrogens with zero attached hydrogens (tertiary/aromatic N) is 2. The summed E-state index contributed by atoms with van der Waals surface area (Å²) < 4.78 is 0. The maximum atomic E-state index is 13.4. The molecule has 1 atom stereocenters. The molecule has 0 N–H and O–H groups in total. The minimum absolute atomic E-state index is 0.0916. The summed E-state index contributed by atoms with van der Waals surface area (Å²) in [5.41, 5.74) is 4.94. The largest absolute Gasteiger partial charge is 0.298 e. The fraction of sp³-hybridized carbons (Fsp3) is 0.333. The zero-order chi connectivity index (χ0) is 18.2. The number of ketones is 1. The number of Topliss-reactive ketones (excluding diaryl/α,β-unsaturated/α-hetero) is 1. The molecular weight excluding hydrogens is 332 g/mol. The van der Waals surface area contributed by atoms with Crippen LogP contribution in [0.25, 0.3) is 10.8 Å². The third kappa shape index (κ3) is 3.06. The lowest BCUT2D eigenvalue weighted by molar-refractivity contribution is 0.0813. The third-order valence-corrected chi connectivity index (χ3v) is 6.15. The zero-order valence-electron chi connectivity index (χ0n) is 15.5. The van der Waals surface area contributed by atoms with Crippen LogP contribution in [0.2, 0.25) is 0 Å². The number of piperidine rings is 1. The number of rotatable bonds is 4. The fourth-order valence-electron chi connectivity index (χ4n) is 4.84. The Labute approximate surface area is 160 Å². The summed E-state index contributed by atoms with van der Waals surface area (Å²) >= 11 is 0. The summed E-state index contributed by atoms with van der Waals surface area (Å²) in [4.78, 5) is 20.0. The van der Waals surface area contributed by atoms with Crippen molar-refractivity contribution in [3.8, 4) is 0 Å². The molecule has 2 heterocycles. The van der Waals surface area contributed by atoms with E-state index < -0.39 is 0 Å². The van der Waals surface area contributed by atoms with Crippen molar-refractivity contribution in [2.24, 2.45) is 5.92 Å². The minimum Gasteiger partial charge on any atom is -0.298 e. The van der Waals surface area contributed by atoms with Crippen molar-refractivity contribution in [3.05, 3.63) is 77.1 Å². The van der Waals surface area contributed by atoms with E-state index in [1.54, 1.807) is 0 Å². The predicted molar refractivity (Wildman–Crippen MR) is 108 cm³/mol. The fourth-order valence-corrected chi connectivity index (χ4v) is 4.84. The number of likely N-dealkylation sites (tertiary alicyclic amines) is 1. The van der Waals surface area contributed by atoms with Crippen molar-refractivity contribution in [2.75, 3.05) is 13.1 Å². The normalized spacial score (nSPS) is 19.5. The van der Waals surface area contributed by atoms with Gasteiger partial charge >= 0.3 is 0 Å². The molecule has 136 valence electrons. The average molecular weight is 356 g/mol. The third-order valence-electron chi connectivity index (χ3n) is 6.15. The van der Waals surface area contributed by atoms with Crippen LogP contribution in [0.15, 0.2) is 54.9 Å². The van der Waals surface area contributed by atoms with Gasteiger partial charge in [0.1, 0.15) is 0 Å². The lowest BCUT2D eigenvalue weighted by Gasteiger charge is -2.32. The molecule has 27 heavy (non-hydrogen) atoms. The van der Waals surface area contributed by atoms with Crippen LogP contribution in [-0.4, -0.2) is 28.8 Å². The molecule has 0 radical (unpaired) electrons. The molecule has 0 unspecified atom stereocenters. The Hall–Kier alpha value is -2.52. The average Bonchev–Trinajstić information content (AvgIpc) is 3.14. The highest BCUT2D eigenvalue weighted by atomic mass is 16.1. The van der Waals surface area contributed by atoms with Gasteiger partial charge in [0.25, 0.3) is 0 Å².